The Morgan fingerprint density at radius 2 is 1.82 bits per heavy atom. The van der Waals surface area contributed by atoms with E-state index in [1.54, 1.807) is 12.1 Å². The summed E-state index contributed by atoms with van der Waals surface area (Å²) in [6.45, 7) is 1.13. The Balaban J connectivity index is 1.53. The number of hydrogen-bond donors (Lipinski definition) is 1. The lowest BCUT2D eigenvalue weighted by atomic mass is 10.2. The van der Waals surface area contributed by atoms with E-state index < -0.39 is 10.0 Å². The summed E-state index contributed by atoms with van der Waals surface area (Å²) in [5, 5.41) is 3.45. The zero-order chi connectivity index (χ0) is 20.1. The highest BCUT2D eigenvalue weighted by Crippen LogP contribution is 2.23. The van der Waals surface area contributed by atoms with E-state index in [4.69, 9.17) is 0 Å². The van der Waals surface area contributed by atoms with E-state index in [9.17, 15) is 13.2 Å². The zero-order valence-corrected chi connectivity index (χ0v) is 17.6. The molecule has 28 heavy (non-hydrogen) atoms. The van der Waals surface area contributed by atoms with E-state index in [1.165, 1.54) is 22.3 Å². The first-order valence-corrected chi connectivity index (χ1v) is 11.4. The van der Waals surface area contributed by atoms with Gasteiger partial charge in [0.15, 0.2) is 0 Å². The molecule has 1 aromatic heterocycles. The monoisotopic (exact) mass is 420 g/mol. The van der Waals surface area contributed by atoms with E-state index in [2.05, 4.69) is 10.3 Å². The van der Waals surface area contributed by atoms with E-state index in [-0.39, 0.29) is 16.6 Å². The van der Waals surface area contributed by atoms with Crippen molar-refractivity contribution in [3.8, 4) is 0 Å². The zero-order valence-electron chi connectivity index (χ0n) is 16.0. The maximum absolute atomic E-state index is 12.5. The molecule has 1 fully saturated rings. The van der Waals surface area contributed by atoms with Crippen molar-refractivity contribution in [3.05, 3.63) is 42.6 Å². The number of pyridine rings is 1. The first-order valence-electron chi connectivity index (χ1n) is 9.02. The number of amides is 1. The van der Waals surface area contributed by atoms with Gasteiger partial charge >= 0.3 is 0 Å². The number of carbonyl (C=O) groups excluding carboxylic acids is 1. The van der Waals surface area contributed by atoms with Crippen LogP contribution in [0.2, 0.25) is 0 Å². The molecule has 7 nitrogen and oxygen atoms in total. The molecule has 0 unspecified atom stereocenters. The van der Waals surface area contributed by atoms with Crippen molar-refractivity contribution in [2.75, 3.05) is 43.2 Å². The number of nitrogens with zero attached hydrogens (tertiary/aromatic N) is 3. The van der Waals surface area contributed by atoms with Crippen molar-refractivity contribution in [1.29, 1.82) is 0 Å². The predicted molar refractivity (Wildman–Crippen MR) is 112 cm³/mol. The molecular formula is C19H24N4O3S2. The molecule has 0 spiro atoms. The Hall–Kier alpha value is -2.10. The average Bonchev–Trinajstić information content (AvgIpc) is 3.23. The smallest absolute Gasteiger partial charge is 0.244 e. The second kappa shape index (κ2) is 8.93. The van der Waals surface area contributed by atoms with Crippen molar-refractivity contribution < 1.29 is 13.2 Å². The predicted octanol–water partition coefficient (Wildman–Crippen LogP) is 2.66. The minimum Gasteiger partial charge on any atom is -0.378 e. The molecule has 1 aliphatic heterocycles. The van der Waals surface area contributed by atoms with E-state index in [0.717, 1.165) is 24.2 Å². The Kier molecular flexibility index (Phi) is 6.58. The third-order valence-electron chi connectivity index (χ3n) is 4.43. The second-order valence-electron chi connectivity index (χ2n) is 6.72. The van der Waals surface area contributed by atoms with Gasteiger partial charge in [-0.3, -0.25) is 4.79 Å². The van der Waals surface area contributed by atoms with E-state index in [1.807, 2.05) is 43.3 Å². The minimum atomic E-state index is -3.46. The molecule has 9 heteroatoms. The molecule has 0 bridgehead atoms. The maximum Gasteiger partial charge on any atom is 0.244 e. The molecule has 0 radical (unpaired) electrons. The van der Waals surface area contributed by atoms with Gasteiger partial charge in [-0.1, -0.05) is 11.8 Å². The molecule has 2 heterocycles. The van der Waals surface area contributed by atoms with Gasteiger partial charge in [0.1, 0.15) is 4.90 Å². The van der Waals surface area contributed by atoms with Crippen LogP contribution in [0.4, 0.5) is 11.4 Å². The third-order valence-corrected chi connectivity index (χ3v) is 7.26. The molecule has 0 aliphatic carbocycles. The lowest BCUT2D eigenvalue weighted by Crippen LogP contribution is -2.27. The van der Waals surface area contributed by atoms with Gasteiger partial charge in [0, 0.05) is 44.8 Å². The molecule has 150 valence electrons. The van der Waals surface area contributed by atoms with Gasteiger partial charge in [-0.2, -0.15) is 4.31 Å². The average molecular weight is 421 g/mol. The number of nitrogens with one attached hydrogen (secondary N) is 1. The SMILES string of the molecule is CN(C)c1ccc(NC(=O)CSc2ccc(S(=O)(=O)N3CCCC3)cn2)cc1. The summed E-state index contributed by atoms with van der Waals surface area (Å²) in [5.74, 6) is 0.0545. The summed E-state index contributed by atoms with van der Waals surface area (Å²) in [6.07, 6.45) is 3.16. The lowest BCUT2D eigenvalue weighted by molar-refractivity contribution is -0.113. The molecule has 1 saturated heterocycles. The van der Waals surface area contributed by atoms with Crippen LogP contribution < -0.4 is 10.2 Å². The van der Waals surface area contributed by atoms with E-state index in [0.29, 0.717) is 18.1 Å². The van der Waals surface area contributed by atoms with Crippen molar-refractivity contribution in [2.24, 2.45) is 0 Å². The quantitative estimate of drug-likeness (QED) is 0.694. The van der Waals surface area contributed by atoms with Crippen LogP contribution in [0.3, 0.4) is 0 Å². The second-order valence-corrected chi connectivity index (χ2v) is 9.66. The van der Waals surface area contributed by atoms with E-state index >= 15 is 0 Å². The standard InChI is InChI=1S/C19H24N4O3S2/c1-22(2)16-7-5-15(6-8-16)21-18(24)14-27-19-10-9-17(13-20-19)28(25,26)23-11-3-4-12-23/h5-10,13H,3-4,11-12,14H2,1-2H3,(H,21,24). The number of carbonyl (C=O) groups is 1. The van der Waals surface area contributed by atoms with Gasteiger partial charge in [0.2, 0.25) is 15.9 Å². The number of benzene rings is 1. The normalized spacial score (nSPS) is 14.8. The Bertz CT molecular complexity index is 907. The third kappa shape index (κ3) is 5.03. The fourth-order valence-electron chi connectivity index (χ4n) is 2.86. The number of thioether (sulfide) groups is 1. The summed E-state index contributed by atoms with van der Waals surface area (Å²) in [5.41, 5.74) is 1.79. The fraction of sp³-hybridized carbons (Fsp3) is 0.368. The molecule has 2 aromatic rings. The van der Waals surface area contributed by atoms with Crippen LogP contribution in [0.25, 0.3) is 0 Å². The number of aromatic nitrogens is 1. The summed E-state index contributed by atoms with van der Waals surface area (Å²) < 4.78 is 26.5. The molecular weight excluding hydrogens is 396 g/mol. The molecule has 1 aliphatic rings. The molecule has 0 atom stereocenters. The van der Waals surface area contributed by atoms with Gasteiger partial charge < -0.3 is 10.2 Å². The van der Waals surface area contributed by atoms with Crippen molar-refractivity contribution in [3.63, 3.8) is 0 Å². The Morgan fingerprint density at radius 1 is 1.14 bits per heavy atom. The molecule has 1 N–H and O–H groups in total. The first kappa shape index (κ1) is 20.6. The Labute approximate surface area is 170 Å². The molecule has 1 aromatic carbocycles. The van der Waals surface area contributed by atoms with Gasteiger partial charge in [0.25, 0.3) is 0 Å². The number of rotatable bonds is 7. The minimum absolute atomic E-state index is 0.141. The van der Waals surface area contributed by atoms with Crippen molar-refractivity contribution in [1.82, 2.24) is 9.29 Å². The highest BCUT2D eigenvalue weighted by molar-refractivity contribution is 7.99. The van der Waals surface area contributed by atoms with Crippen LogP contribution in [0.5, 0.6) is 0 Å². The summed E-state index contributed by atoms with van der Waals surface area (Å²) in [7, 11) is 0.456. The van der Waals surface area contributed by atoms with Crippen LogP contribution in [-0.2, 0) is 14.8 Å². The van der Waals surface area contributed by atoms with Crippen molar-refractivity contribution in [2.45, 2.75) is 22.8 Å². The van der Waals surface area contributed by atoms with Gasteiger partial charge in [-0.25, -0.2) is 13.4 Å². The highest BCUT2D eigenvalue weighted by atomic mass is 32.2. The topological polar surface area (TPSA) is 82.6 Å². The number of sulfonamides is 1. The first-order chi connectivity index (χ1) is 13.4. The summed E-state index contributed by atoms with van der Waals surface area (Å²) in [6, 6.07) is 10.8. The largest absolute Gasteiger partial charge is 0.378 e. The number of anilines is 2. The van der Waals surface area contributed by atoms with Crippen LogP contribution >= 0.6 is 11.8 Å². The maximum atomic E-state index is 12.5. The summed E-state index contributed by atoms with van der Waals surface area (Å²) in [4.78, 5) is 18.5. The summed E-state index contributed by atoms with van der Waals surface area (Å²) >= 11 is 1.27. The van der Waals surface area contributed by atoms with Gasteiger partial charge in [-0.05, 0) is 49.2 Å². The van der Waals surface area contributed by atoms with Crippen LogP contribution in [0.15, 0.2) is 52.5 Å². The lowest BCUT2D eigenvalue weighted by Gasteiger charge is -2.15. The van der Waals surface area contributed by atoms with Gasteiger partial charge in [-0.15, -0.1) is 0 Å². The number of hydrogen-bond acceptors (Lipinski definition) is 6. The molecule has 1 amide bonds. The van der Waals surface area contributed by atoms with Crippen LogP contribution in [0.1, 0.15) is 12.8 Å². The highest BCUT2D eigenvalue weighted by Gasteiger charge is 2.27. The van der Waals surface area contributed by atoms with Crippen LogP contribution in [0, 0.1) is 0 Å². The van der Waals surface area contributed by atoms with Gasteiger partial charge in [0.05, 0.1) is 10.8 Å². The molecule has 3 rings (SSSR count). The van der Waals surface area contributed by atoms with Crippen molar-refractivity contribution >= 4 is 39.1 Å². The Morgan fingerprint density at radius 3 is 2.39 bits per heavy atom. The molecule has 0 saturated carbocycles. The fourth-order valence-corrected chi connectivity index (χ4v) is 4.97. The van der Waals surface area contributed by atoms with Crippen LogP contribution in [-0.4, -0.2) is 56.6 Å².